The number of rotatable bonds is 9. The van der Waals surface area contributed by atoms with E-state index in [0.717, 1.165) is 44.6 Å². The van der Waals surface area contributed by atoms with Crippen molar-refractivity contribution in [3.63, 3.8) is 0 Å². The predicted molar refractivity (Wildman–Crippen MR) is 116 cm³/mol. The van der Waals surface area contributed by atoms with E-state index in [1.807, 2.05) is 39.0 Å². The topological polar surface area (TPSA) is 46.5 Å². The first-order valence-corrected chi connectivity index (χ1v) is 10.5. The van der Waals surface area contributed by atoms with Gasteiger partial charge in [0.15, 0.2) is 6.61 Å². The number of carbonyl (C=O) groups is 1. The highest BCUT2D eigenvalue weighted by atomic mass is 19.3. The van der Waals surface area contributed by atoms with Gasteiger partial charge in [0, 0.05) is 6.42 Å². The van der Waals surface area contributed by atoms with Gasteiger partial charge in [0.05, 0.1) is 0 Å². The van der Waals surface area contributed by atoms with Gasteiger partial charge >= 0.3 is 5.97 Å². The minimum absolute atomic E-state index is 0.282. The van der Waals surface area contributed by atoms with Crippen LogP contribution in [0.3, 0.4) is 0 Å². The van der Waals surface area contributed by atoms with Crippen LogP contribution >= 0.6 is 0 Å². The van der Waals surface area contributed by atoms with Crippen molar-refractivity contribution in [1.82, 2.24) is 0 Å². The van der Waals surface area contributed by atoms with Gasteiger partial charge in [0.2, 0.25) is 0 Å². The van der Waals surface area contributed by atoms with Gasteiger partial charge in [-0.25, -0.2) is 0 Å². The molecule has 5 heteroatoms. The summed E-state index contributed by atoms with van der Waals surface area (Å²) in [7, 11) is 0. The predicted octanol–water partition coefficient (Wildman–Crippen LogP) is 7.29. The van der Waals surface area contributed by atoms with Gasteiger partial charge in [-0.2, -0.15) is 8.78 Å². The Morgan fingerprint density at radius 2 is 1.83 bits per heavy atom. The second-order valence-electron chi connectivity index (χ2n) is 6.62. The van der Waals surface area contributed by atoms with Crippen molar-refractivity contribution in [2.24, 2.45) is 5.92 Å². The summed E-state index contributed by atoms with van der Waals surface area (Å²) in [4.78, 5) is 9.94. The van der Waals surface area contributed by atoms with E-state index in [9.17, 15) is 13.6 Å². The molecule has 0 heterocycles. The molecule has 0 radical (unpaired) electrons. The zero-order valence-electron chi connectivity index (χ0n) is 17.9. The number of allylic oxidation sites excluding steroid dienone is 3. The third-order valence-electron chi connectivity index (χ3n) is 4.18. The van der Waals surface area contributed by atoms with Crippen molar-refractivity contribution in [1.29, 1.82) is 0 Å². The molecular formula is C24H36F2O3. The summed E-state index contributed by atoms with van der Waals surface area (Å²) in [5, 5.41) is 8.19. The molecule has 0 aliphatic heterocycles. The maximum absolute atomic E-state index is 13.6. The third kappa shape index (κ3) is 15.4. The number of para-hydroxylation sites is 1. The van der Waals surface area contributed by atoms with Crippen LogP contribution in [0.25, 0.3) is 0 Å². The average molecular weight is 411 g/mol. The molecular weight excluding hydrogens is 374 g/mol. The maximum atomic E-state index is 13.6. The Balaban J connectivity index is 0.000000606. The van der Waals surface area contributed by atoms with Crippen LogP contribution in [-0.2, 0) is 4.79 Å². The molecule has 1 fully saturated rings. The first-order chi connectivity index (χ1) is 13.9. The molecule has 0 saturated heterocycles. The lowest BCUT2D eigenvalue weighted by molar-refractivity contribution is -0.137. The van der Waals surface area contributed by atoms with Crippen molar-refractivity contribution in [2.45, 2.75) is 71.6 Å². The third-order valence-corrected chi connectivity index (χ3v) is 4.18. The van der Waals surface area contributed by atoms with E-state index in [1.54, 1.807) is 30.3 Å². The van der Waals surface area contributed by atoms with Crippen LogP contribution in [-0.4, -0.2) is 23.6 Å². The zero-order chi connectivity index (χ0) is 22.0. The molecule has 0 bridgehead atoms. The molecule has 0 spiro atoms. The summed E-state index contributed by atoms with van der Waals surface area (Å²) < 4.78 is 32.2. The van der Waals surface area contributed by atoms with Gasteiger partial charge in [-0.1, -0.05) is 63.1 Å². The Bertz CT molecular complexity index is 577. The van der Waals surface area contributed by atoms with E-state index in [0.29, 0.717) is 11.7 Å². The Morgan fingerprint density at radius 3 is 2.38 bits per heavy atom. The molecule has 2 rings (SSSR count). The molecule has 0 amide bonds. The fraction of sp³-hybridized carbons (Fsp3) is 0.542. The molecule has 1 saturated carbocycles. The van der Waals surface area contributed by atoms with Crippen molar-refractivity contribution in [2.75, 3.05) is 6.61 Å². The summed E-state index contributed by atoms with van der Waals surface area (Å²) in [5.74, 6) is -2.79. The second-order valence-corrected chi connectivity index (χ2v) is 6.62. The van der Waals surface area contributed by atoms with Crippen LogP contribution in [0.2, 0.25) is 0 Å². The highest BCUT2D eigenvalue weighted by Crippen LogP contribution is 2.27. The van der Waals surface area contributed by atoms with Crippen molar-refractivity contribution in [3.05, 3.63) is 54.6 Å². The Kier molecular flexibility index (Phi) is 15.5. The van der Waals surface area contributed by atoms with Crippen LogP contribution in [0.5, 0.6) is 5.75 Å². The molecule has 0 atom stereocenters. The summed E-state index contributed by atoms with van der Waals surface area (Å²) in [6.45, 7) is 5.33. The summed E-state index contributed by atoms with van der Waals surface area (Å²) in [5.41, 5.74) is 0. The number of alkyl halides is 2. The van der Waals surface area contributed by atoms with E-state index in [2.05, 4.69) is 0 Å². The number of aliphatic carboxylic acids is 1. The molecule has 0 unspecified atom stereocenters. The smallest absolute Gasteiger partial charge is 0.303 e. The lowest BCUT2D eigenvalue weighted by atomic mass is 10.1. The zero-order valence-corrected chi connectivity index (χ0v) is 17.9. The minimum Gasteiger partial charge on any atom is -0.487 e. The number of hydrogen-bond acceptors (Lipinski definition) is 2. The van der Waals surface area contributed by atoms with Crippen LogP contribution in [0.1, 0.15) is 65.7 Å². The Hall–Kier alpha value is -2.17. The number of benzene rings is 1. The lowest BCUT2D eigenvalue weighted by Crippen LogP contribution is -2.23. The standard InChI is InChI=1S/C15H18F2O.C7H12O2.C2H6/c16-15(17,11-10-13-6-4-5-7-13)12-18-14-8-2-1-3-9-14;1-2-3-4-5-6-7(8)9;1-2/h1-3,8-11,13H,4-7,12H2;2-3H,4-6H2,1H3,(H,8,9);1-2H3/b11-10+;3-2-;. The molecule has 1 aliphatic rings. The normalized spacial score (nSPS) is 14.2. The largest absolute Gasteiger partial charge is 0.487 e. The maximum Gasteiger partial charge on any atom is 0.303 e. The monoisotopic (exact) mass is 410 g/mol. The molecule has 29 heavy (non-hydrogen) atoms. The van der Waals surface area contributed by atoms with Gasteiger partial charge in [0.25, 0.3) is 5.92 Å². The van der Waals surface area contributed by atoms with Gasteiger partial charge in [-0.15, -0.1) is 0 Å². The fourth-order valence-electron chi connectivity index (χ4n) is 2.71. The molecule has 1 aromatic rings. The molecule has 0 aromatic heterocycles. The minimum atomic E-state index is -2.89. The Labute approximate surface area is 174 Å². The van der Waals surface area contributed by atoms with Crippen LogP contribution in [0.4, 0.5) is 8.78 Å². The Morgan fingerprint density at radius 1 is 1.21 bits per heavy atom. The number of ether oxygens (including phenoxy) is 1. The van der Waals surface area contributed by atoms with Gasteiger partial charge in [-0.3, -0.25) is 4.79 Å². The number of carboxylic acid groups (broad SMARTS) is 1. The van der Waals surface area contributed by atoms with E-state index >= 15 is 0 Å². The number of unbranched alkanes of at least 4 members (excludes halogenated alkanes) is 1. The molecule has 1 aliphatic carbocycles. The number of carboxylic acids is 1. The quantitative estimate of drug-likeness (QED) is 0.343. The summed E-state index contributed by atoms with van der Waals surface area (Å²) >= 11 is 0. The fourth-order valence-corrected chi connectivity index (χ4v) is 2.71. The molecule has 1 N–H and O–H groups in total. The summed E-state index contributed by atoms with van der Waals surface area (Å²) in [6, 6.07) is 8.71. The summed E-state index contributed by atoms with van der Waals surface area (Å²) in [6.07, 6.45) is 12.9. The molecule has 164 valence electrons. The number of halogens is 2. The highest BCUT2D eigenvalue weighted by molar-refractivity contribution is 5.66. The SMILES string of the molecule is C/C=C\CCCC(=O)O.CC.FC(F)(/C=C/C1CCCC1)COc1ccccc1. The van der Waals surface area contributed by atoms with E-state index in [1.165, 1.54) is 0 Å². The molecule has 3 nitrogen and oxygen atoms in total. The highest BCUT2D eigenvalue weighted by Gasteiger charge is 2.27. The van der Waals surface area contributed by atoms with Gasteiger partial charge < -0.3 is 9.84 Å². The van der Waals surface area contributed by atoms with E-state index in [-0.39, 0.29) is 6.42 Å². The van der Waals surface area contributed by atoms with Crippen LogP contribution < -0.4 is 4.74 Å². The van der Waals surface area contributed by atoms with Gasteiger partial charge in [0.1, 0.15) is 5.75 Å². The van der Waals surface area contributed by atoms with Crippen LogP contribution in [0.15, 0.2) is 54.6 Å². The molecule has 1 aromatic carbocycles. The van der Waals surface area contributed by atoms with E-state index < -0.39 is 18.5 Å². The lowest BCUT2D eigenvalue weighted by Gasteiger charge is -2.14. The average Bonchev–Trinajstić information content (AvgIpc) is 3.25. The second kappa shape index (κ2) is 16.8. The van der Waals surface area contributed by atoms with Crippen molar-refractivity contribution < 1.29 is 23.4 Å². The van der Waals surface area contributed by atoms with Gasteiger partial charge in [-0.05, 0) is 56.7 Å². The van der Waals surface area contributed by atoms with E-state index in [4.69, 9.17) is 9.84 Å². The first-order valence-electron chi connectivity index (χ1n) is 10.5. The van der Waals surface area contributed by atoms with Crippen LogP contribution in [0, 0.1) is 5.92 Å². The van der Waals surface area contributed by atoms with Crippen molar-refractivity contribution >= 4 is 5.97 Å². The number of hydrogen-bond donors (Lipinski definition) is 1. The van der Waals surface area contributed by atoms with Crippen molar-refractivity contribution in [3.8, 4) is 5.75 Å². The first kappa shape index (κ1) is 26.8.